The van der Waals surface area contributed by atoms with Gasteiger partial charge in [-0.05, 0) is 6.92 Å². The number of halogens is 1. The Kier molecular flexibility index (Phi) is 10.2. The van der Waals surface area contributed by atoms with Gasteiger partial charge in [-0.15, -0.1) is 0 Å². The Morgan fingerprint density at radius 2 is 1.75 bits per heavy atom. The van der Waals surface area contributed by atoms with Gasteiger partial charge < -0.3 is 31.7 Å². The molecule has 0 fully saturated rings. The van der Waals surface area contributed by atoms with Crippen LogP contribution < -0.4 is 17.7 Å². The first-order valence-electron chi connectivity index (χ1n) is 7.93. The monoisotopic (exact) mass is 356 g/mol. The number of hydrogen-bond donors (Lipinski definition) is 1. The van der Waals surface area contributed by atoms with Crippen molar-refractivity contribution < 1.29 is 31.2 Å². The van der Waals surface area contributed by atoms with Gasteiger partial charge in [-0.1, -0.05) is 30.3 Å². The maximum atomic E-state index is 12.4. The van der Waals surface area contributed by atoms with E-state index < -0.39 is 0 Å². The van der Waals surface area contributed by atoms with E-state index in [-0.39, 0.29) is 24.1 Å². The molecule has 0 radical (unpaired) electrons. The molecule has 1 amide bonds. The third-order valence-corrected chi connectivity index (χ3v) is 3.94. The number of amides is 1. The maximum Gasteiger partial charge on any atom is 0.290 e. The van der Waals surface area contributed by atoms with Crippen LogP contribution in [-0.4, -0.2) is 58.3 Å². The molecule has 0 aliphatic carbocycles. The third kappa shape index (κ3) is 6.81. The van der Waals surface area contributed by atoms with Crippen LogP contribution in [0, 0.1) is 0 Å². The van der Waals surface area contributed by atoms with E-state index in [1.54, 1.807) is 0 Å². The molecule has 0 bridgehead atoms. The fourth-order valence-electron chi connectivity index (χ4n) is 2.17. The quantitative estimate of drug-likeness (QED) is 0.274. The van der Waals surface area contributed by atoms with Crippen LogP contribution in [0.3, 0.4) is 0 Å². The topological polar surface area (TPSA) is 47.6 Å². The van der Waals surface area contributed by atoms with Gasteiger partial charge >= 0.3 is 0 Å². The van der Waals surface area contributed by atoms with Gasteiger partial charge in [-0.3, -0.25) is 4.79 Å². The van der Waals surface area contributed by atoms with Crippen LogP contribution in [0.15, 0.2) is 36.1 Å². The molecule has 0 heterocycles. The predicted molar refractivity (Wildman–Crippen MR) is 92.5 cm³/mol. The zero-order valence-electron chi connectivity index (χ0n) is 15.3. The second kappa shape index (κ2) is 10.9. The number of nitrogens with one attached hydrogen (secondary N) is 1. The minimum absolute atomic E-state index is 0. The molecule has 0 unspecified atom stereocenters. The summed E-state index contributed by atoms with van der Waals surface area (Å²) in [6.45, 7) is 4.85. The van der Waals surface area contributed by atoms with Gasteiger partial charge in [0.25, 0.3) is 5.91 Å². The summed E-state index contributed by atoms with van der Waals surface area (Å²) < 4.78 is 11.6. The number of carbonyl (C=O) groups excluding carboxylic acids is 1. The zero-order valence-corrected chi connectivity index (χ0v) is 16.0. The third-order valence-electron chi connectivity index (χ3n) is 3.94. The van der Waals surface area contributed by atoms with Crippen LogP contribution in [0.2, 0.25) is 0 Å². The van der Waals surface area contributed by atoms with E-state index in [0.717, 1.165) is 29.6 Å². The first-order valence-corrected chi connectivity index (χ1v) is 7.93. The molecule has 5 nitrogen and oxygen atoms in total. The van der Waals surface area contributed by atoms with Crippen molar-refractivity contribution in [1.82, 2.24) is 5.32 Å². The molecule has 0 aliphatic heterocycles. The number of methoxy groups -OCH3 is 2. The molecule has 6 heteroatoms. The van der Waals surface area contributed by atoms with Gasteiger partial charge in [0.1, 0.15) is 0 Å². The Morgan fingerprint density at radius 3 is 2.25 bits per heavy atom. The van der Waals surface area contributed by atoms with Gasteiger partial charge in [0.2, 0.25) is 5.76 Å². The SMILES string of the molecule is CC[N+](C)(C)CCCNC(=O)C(OC)=C(OC)c1ccccc1.[Cl-]. The molecule has 1 N–H and O–H groups in total. The van der Waals surface area contributed by atoms with Crippen LogP contribution in [0.1, 0.15) is 18.9 Å². The van der Waals surface area contributed by atoms with Crippen LogP contribution >= 0.6 is 0 Å². The fraction of sp³-hybridized carbons (Fsp3) is 0.500. The summed E-state index contributed by atoms with van der Waals surface area (Å²) in [6.07, 6.45) is 0.914. The highest BCUT2D eigenvalue weighted by molar-refractivity contribution is 5.97. The number of hydrogen-bond acceptors (Lipinski definition) is 3. The highest BCUT2D eigenvalue weighted by Gasteiger charge is 2.19. The highest BCUT2D eigenvalue weighted by Crippen LogP contribution is 2.20. The lowest BCUT2D eigenvalue weighted by molar-refractivity contribution is -0.888. The van der Waals surface area contributed by atoms with Gasteiger partial charge in [0, 0.05) is 18.5 Å². The minimum Gasteiger partial charge on any atom is -1.00 e. The van der Waals surface area contributed by atoms with E-state index in [9.17, 15) is 4.79 Å². The molecule has 1 rings (SSSR count). The lowest BCUT2D eigenvalue weighted by Crippen LogP contribution is -3.00. The average Bonchev–Trinajstić information content (AvgIpc) is 2.57. The van der Waals surface area contributed by atoms with Gasteiger partial charge in [-0.2, -0.15) is 0 Å². The lowest BCUT2D eigenvalue weighted by Gasteiger charge is -2.28. The minimum atomic E-state index is -0.255. The summed E-state index contributed by atoms with van der Waals surface area (Å²) in [6, 6.07) is 9.46. The van der Waals surface area contributed by atoms with Gasteiger partial charge in [-0.25, -0.2) is 0 Å². The zero-order chi connectivity index (χ0) is 17.3. The first kappa shape index (κ1) is 22.3. The van der Waals surface area contributed by atoms with E-state index in [2.05, 4.69) is 26.3 Å². The second-order valence-electron chi connectivity index (χ2n) is 6.02. The van der Waals surface area contributed by atoms with E-state index in [1.807, 2.05) is 30.3 Å². The normalized spacial score (nSPS) is 11.9. The molecular formula is C18H29ClN2O3. The van der Waals surface area contributed by atoms with Gasteiger partial charge in [0.05, 0.1) is 41.4 Å². The largest absolute Gasteiger partial charge is 1.00 e. The average molecular weight is 357 g/mol. The Labute approximate surface area is 151 Å². The Bertz CT molecular complexity index is 530. The van der Waals surface area contributed by atoms with Crippen molar-refractivity contribution in [3.63, 3.8) is 0 Å². The summed E-state index contributed by atoms with van der Waals surface area (Å²) in [5.74, 6) is 0.383. The predicted octanol–water partition coefficient (Wildman–Crippen LogP) is -0.745. The number of quaternary nitrogens is 1. The standard InChI is InChI=1S/C18H28N2O3.ClH/c1-6-20(2,3)14-10-13-19-18(21)17(23-5)16(22-4)15-11-8-7-9-12-15;/h7-9,11-12H,6,10,13-14H2,1-5H3;1H. The highest BCUT2D eigenvalue weighted by atomic mass is 35.5. The molecule has 1 aromatic rings. The van der Waals surface area contributed by atoms with E-state index in [0.29, 0.717) is 12.3 Å². The van der Waals surface area contributed by atoms with E-state index in [1.165, 1.54) is 14.2 Å². The van der Waals surface area contributed by atoms with Crippen molar-refractivity contribution in [2.45, 2.75) is 13.3 Å². The molecule has 0 atom stereocenters. The Balaban J connectivity index is 0.00000529. The Morgan fingerprint density at radius 1 is 1.12 bits per heavy atom. The molecule has 24 heavy (non-hydrogen) atoms. The van der Waals surface area contributed by atoms with Crippen molar-refractivity contribution in [1.29, 1.82) is 0 Å². The summed E-state index contributed by atoms with van der Waals surface area (Å²) in [4.78, 5) is 12.4. The number of nitrogens with zero attached hydrogens (tertiary/aromatic N) is 1. The maximum absolute atomic E-state index is 12.4. The number of carbonyl (C=O) groups is 1. The molecule has 1 aromatic carbocycles. The van der Waals surface area contributed by atoms with Gasteiger partial charge in [0.15, 0.2) is 5.76 Å². The molecule has 0 saturated carbocycles. The second-order valence-corrected chi connectivity index (χ2v) is 6.02. The molecular weight excluding hydrogens is 328 g/mol. The summed E-state index contributed by atoms with van der Waals surface area (Å²) >= 11 is 0. The van der Waals surface area contributed by atoms with Crippen molar-refractivity contribution in [3.05, 3.63) is 41.7 Å². The molecule has 0 spiro atoms. The molecule has 0 aliphatic rings. The van der Waals surface area contributed by atoms with Crippen molar-refractivity contribution in [2.24, 2.45) is 0 Å². The molecule has 136 valence electrons. The number of rotatable bonds is 9. The first-order chi connectivity index (χ1) is 10.9. The van der Waals surface area contributed by atoms with Crippen molar-refractivity contribution >= 4 is 11.7 Å². The van der Waals surface area contributed by atoms with Crippen LogP contribution in [0.5, 0.6) is 0 Å². The van der Waals surface area contributed by atoms with Crippen LogP contribution in [0.4, 0.5) is 0 Å². The van der Waals surface area contributed by atoms with Crippen molar-refractivity contribution in [2.75, 3.05) is 47.9 Å². The number of benzene rings is 1. The van der Waals surface area contributed by atoms with Crippen LogP contribution in [-0.2, 0) is 14.3 Å². The Hall–Kier alpha value is -1.72. The van der Waals surface area contributed by atoms with E-state index >= 15 is 0 Å². The summed E-state index contributed by atoms with van der Waals surface area (Å²) in [7, 11) is 7.38. The summed E-state index contributed by atoms with van der Waals surface area (Å²) in [5, 5.41) is 2.90. The summed E-state index contributed by atoms with van der Waals surface area (Å²) in [5.41, 5.74) is 0.811. The van der Waals surface area contributed by atoms with E-state index in [4.69, 9.17) is 9.47 Å². The fourth-order valence-corrected chi connectivity index (χ4v) is 2.17. The van der Waals surface area contributed by atoms with Crippen molar-refractivity contribution in [3.8, 4) is 0 Å². The smallest absolute Gasteiger partial charge is 0.290 e. The van der Waals surface area contributed by atoms with Crippen LogP contribution in [0.25, 0.3) is 5.76 Å². The molecule has 0 saturated heterocycles. The number of ether oxygens (including phenoxy) is 2. The lowest BCUT2D eigenvalue weighted by atomic mass is 10.1. The molecule has 0 aromatic heterocycles.